The Morgan fingerprint density at radius 2 is 2.15 bits per heavy atom. The maximum absolute atomic E-state index is 11.8. The van der Waals surface area contributed by atoms with E-state index in [2.05, 4.69) is 27.9 Å². The number of hydrogen-bond donors (Lipinski definition) is 1. The number of carbonyl (C=O) groups is 2. The van der Waals surface area contributed by atoms with Crippen molar-refractivity contribution in [2.75, 3.05) is 32.1 Å². The van der Waals surface area contributed by atoms with Crippen LogP contribution in [0.25, 0.3) is 0 Å². The second-order valence-electron chi connectivity index (χ2n) is 4.35. The normalized spacial score (nSPS) is 10.4. The van der Waals surface area contributed by atoms with Gasteiger partial charge in [-0.15, -0.1) is 0 Å². The molecule has 6 heteroatoms. The number of halogens is 1. The second kappa shape index (κ2) is 8.91. The lowest BCUT2D eigenvalue weighted by atomic mass is 10.3. The van der Waals surface area contributed by atoms with Crippen molar-refractivity contribution in [3.63, 3.8) is 0 Å². The highest BCUT2D eigenvalue weighted by Crippen LogP contribution is 2.12. The summed E-state index contributed by atoms with van der Waals surface area (Å²) in [7, 11) is 1.80. The van der Waals surface area contributed by atoms with Crippen molar-refractivity contribution in [1.29, 1.82) is 0 Å². The van der Waals surface area contributed by atoms with Crippen molar-refractivity contribution < 1.29 is 14.3 Å². The molecule has 1 amide bonds. The van der Waals surface area contributed by atoms with E-state index in [9.17, 15) is 9.59 Å². The molecule has 1 N–H and O–H groups in total. The monoisotopic (exact) mass is 390 g/mol. The van der Waals surface area contributed by atoms with E-state index >= 15 is 0 Å². The number of carbonyl (C=O) groups excluding carboxylic acids is 2. The minimum atomic E-state index is -0.239. The Hall–Kier alpha value is -1.15. The predicted molar refractivity (Wildman–Crippen MR) is 86.5 cm³/mol. The molecule has 0 atom stereocenters. The fourth-order valence-corrected chi connectivity index (χ4v) is 2.15. The Morgan fingerprint density at radius 1 is 1.40 bits per heavy atom. The average Bonchev–Trinajstić information content (AvgIpc) is 2.36. The SMILES string of the molecule is CCOC(=O)CCN(C)CC(=O)Nc1cccc(I)c1. The number of rotatable bonds is 7. The first-order valence-electron chi connectivity index (χ1n) is 6.41. The van der Waals surface area contributed by atoms with Gasteiger partial charge in [0.2, 0.25) is 5.91 Å². The summed E-state index contributed by atoms with van der Waals surface area (Å²) in [5.74, 6) is -0.337. The van der Waals surface area contributed by atoms with Crippen LogP contribution in [0.2, 0.25) is 0 Å². The van der Waals surface area contributed by atoms with Crippen LogP contribution in [-0.2, 0) is 14.3 Å². The minimum Gasteiger partial charge on any atom is -0.466 e. The highest BCUT2D eigenvalue weighted by atomic mass is 127. The van der Waals surface area contributed by atoms with Crippen LogP contribution >= 0.6 is 22.6 Å². The van der Waals surface area contributed by atoms with Crippen LogP contribution in [0.4, 0.5) is 5.69 Å². The van der Waals surface area contributed by atoms with Gasteiger partial charge in [-0.05, 0) is 54.8 Å². The zero-order valence-electron chi connectivity index (χ0n) is 11.7. The van der Waals surface area contributed by atoms with Gasteiger partial charge < -0.3 is 10.1 Å². The van der Waals surface area contributed by atoms with Crippen molar-refractivity contribution in [1.82, 2.24) is 4.90 Å². The van der Waals surface area contributed by atoms with E-state index in [1.807, 2.05) is 24.3 Å². The summed E-state index contributed by atoms with van der Waals surface area (Å²) >= 11 is 2.19. The molecule has 0 aliphatic rings. The van der Waals surface area contributed by atoms with Crippen molar-refractivity contribution in [2.24, 2.45) is 0 Å². The Balaban J connectivity index is 2.33. The van der Waals surface area contributed by atoms with Crippen molar-refractivity contribution in [3.05, 3.63) is 27.8 Å². The van der Waals surface area contributed by atoms with Crippen LogP contribution in [0.15, 0.2) is 24.3 Å². The molecule has 0 aliphatic heterocycles. The highest BCUT2D eigenvalue weighted by Gasteiger charge is 2.09. The summed E-state index contributed by atoms with van der Waals surface area (Å²) in [6, 6.07) is 7.60. The number of hydrogen-bond acceptors (Lipinski definition) is 4. The van der Waals surface area contributed by atoms with E-state index in [1.165, 1.54) is 0 Å². The van der Waals surface area contributed by atoms with Gasteiger partial charge in [-0.3, -0.25) is 14.5 Å². The number of amides is 1. The summed E-state index contributed by atoms with van der Waals surface area (Å²) in [5, 5.41) is 2.82. The Morgan fingerprint density at radius 3 is 2.80 bits per heavy atom. The molecule has 0 bridgehead atoms. The van der Waals surface area contributed by atoms with Crippen LogP contribution in [0.3, 0.4) is 0 Å². The number of benzene rings is 1. The molecular formula is C14H19IN2O3. The zero-order valence-corrected chi connectivity index (χ0v) is 13.8. The quantitative estimate of drug-likeness (QED) is 0.573. The number of nitrogens with one attached hydrogen (secondary N) is 1. The van der Waals surface area contributed by atoms with Crippen molar-refractivity contribution in [3.8, 4) is 0 Å². The summed E-state index contributed by atoms with van der Waals surface area (Å²) in [5.41, 5.74) is 0.778. The van der Waals surface area contributed by atoms with Crippen LogP contribution < -0.4 is 5.32 Å². The molecule has 0 saturated heterocycles. The first-order chi connectivity index (χ1) is 9.51. The Kier molecular flexibility index (Phi) is 7.53. The molecule has 5 nitrogen and oxygen atoms in total. The third-order valence-corrected chi connectivity index (χ3v) is 3.20. The number of ether oxygens (including phenoxy) is 1. The topological polar surface area (TPSA) is 58.6 Å². The standard InChI is InChI=1S/C14H19IN2O3/c1-3-20-14(19)7-8-17(2)10-13(18)16-12-6-4-5-11(15)9-12/h4-6,9H,3,7-8,10H2,1-2H3,(H,16,18). The summed E-state index contributed by atoms with van der Waals surface area (Å²) in [6.07, 6.45) is 0.293. The van der Waals surface area contributed by atoms with Crippen LogP contribution in [0, 0.1) is 3.57 Å². The molecule has 0 fully saturated rings. The first-order valence-corrected chi connectivity index (χ1v) is 7.48. The summed E-state index contributed by atoms with van der Waals surface area (Å²) in [6.45, 7) is 2.90. The fraction of sp³-hybridized carbons (Fsp3) is 0.429. The van der Waals surface area contributed by atoms with Crippen LogP contribution in [-0.4, -0.2) is 43.5 Å². The predicted octanol–water partition coefficient (Wildman–Crippen LogP) is 2.11. The van der Waals surface area contributed by atoms with Crippen molar-refractivity contribution in [2.45, 2.75) is 13.3 Å². The van der Waals surface area contributed by atoms with E-state index < -0.39 is 0 Å². The van der Waals surface area contributed by atoms with Crippen molar-refractivity contribution >= 4 is 40.2 Å². The maximum Gasteiger partial charge on any atom is 0.307 e. The van der Waals surface area contributed by atoms with E-state index in [-0.39, 0.29) is 18.4 Å². The first kappa shape index (κ1) is 16.9. The third-order valence-electron chi connectivity index (χ3n) is 2.52. The molecular weight excluding hydrogens is 371 g/mol. The molecule has 0 aliphatic carbocycles. The Bertz CT molecular complexity index is 465. The summed E-state index contributed by atoms with van der Waals surface area (Å²) < 4.78 is 5.90. The van der Waals surface area contributed by atoms with Gasteiger partial charge >= 0.3 is 5.97 Å². The van der Waals surface area contributed by atoms with Gasteiger partial charge in [0.1, 0.15) is 0 Å². The van der Waals surface area contributed by atoms with Gasteiger partial charge in [0.25, 0.3) is 0 Å². The highest BCUT2D eigenvalue weighted by molar-refractivity contribution is 14.1. The molecule has 0 spiro atoms. The van der Waals surface area contributed by atoms with E-state index in [0.29, 0.717) is 19.6 Å². The van der Waals surface area contributed by atoms with Crippen LogP contribution in [0.1, 0.15) is 13.3 Å². The van der Waals surface area contributed by atoms with Gasteiger partial charge in [0, 0.05) is 15.8 Å². The number of anilines is 1. The average molecular weight is 390 g/mol. The molecule has 1 aromatic rings. The molecule has 20 heavy (non-hydrogen) atoms. The number of nitrogens with zero attached hydrogens (tertiary/aromatic N) is 1. The largest absolute Gasteiger partial charge is 0.466 e. The van der Waals surface area contributed by atoms with Gasteiger partial charge in [-0.25, -0.2) is 0 Å². The maximum atomic E-state index is 11.8. The smallest absolute Gasteiger partial charge is 0.307 e. The Labute approximate surface area is 132 Å². The molecule has 0 radical (unpaired) electrons. The minimum absolute atomic E-state index is 0.0987. The third kappa shape index (κ3) is 6.85. The van der Waals surface area contributed by atoms with Gasteiger partial charge in [0.05, 0.1) is 19.6 Å². The molecule has 0 aromatic heterocycles. The van der Waals surface area contributed by atoms with Gasteiger partial charge in [-0.2, -0.15) is 0 Å². The summed E-state index contributed by atoms with van der Waals surface area (Å²) in [4.78, 5) is 24.8. The number of likely N-dealkylation sites (N-methyl/N-ethyl adjacent to an activating group) is 1. The van der Waals surface area contributed by atoms with E-state index in [0.717, 1.165) is 9.26 Å². The molecule has 1 aromatic carbocycles. The van der Waals surface area contributed by atoms with E-state index in [4.69, 9.17) is 4.74 Å². The molecule has 0 heterocycles. The van der Waals surface area contributed by atoms with Gasteiger partial charge in [0.15, 0.2) is 0 Å². The van der Waals surface area contributed by atoms with Gasteiger partial charge in [-0.1, -0.05) is 6.07 Å². The molecule has 1 rings (SSSR count). The molecule has 0 unspecified atom stereocenters. The zero-order chi connectivity index (χ0) is 15.0. The second-order valence-corrected chi connectivity index (χ2v) is 5.60. The lowest BCUT2D eigenvalue weighted by Gasteiger charge is -2.15. The number of esters is 1. The van der Waals surface area contributed by atoms with E-state index in [1.54, 1.807) is 18.9 Å². The molecule has 110 valence electrons. The lowest BCUT2D eigenvalue weighted by molar-refractivity contribution is -0.143. The fourth-order valence-electron chi connectivity index (χ4n) is 1.61. The lowest BCUT2D eigenvalue weighted by Crippen LogP contribution is -2.32. The van der Waals surface area contributed by atoms with Crippen LogP contribution in [0.5, 0.6) is 0 Å². The molecule has 0 saturated carbocycles.